The molecule has 3 aromatic rings. The van der Waals surface area contributed by atoms with Crippen molar-refractivity contribution < 1.29 is 12.6 Å². The van der Waals surface area contributed by atoms with E-state index in [-0.39, 0.29) is 5.75 Å². The van der Waals surface area contributed by atoms with E-state index in [0.717, 1.165) is 15.6 Å². The van der Waals surface area contributed by atoms with Gasteiger partial charge < -0.3 is 9.50 Å². The van der Waals surface area contributed by atoms with Crippen LogP contribution in [0.2, 0.25) is 0 Å². The number of anilines is 2. The molecule has 2 aromatic carbocycles. The van der Waals surface area contributed by atoms with Crippen molar-refractivity contribution in [1.29, 1.82) is 0 Å². The first kappa shape index (κ1) is 18.8. The van der Waals surface area contributed by atoms with Crippen LogP contribution in [-0.4, -0.2) is 36.8 Å². The molecule has 1 aromatic heterocycles. The summed E-state index contributed by atoms with van der Waals surface area (Å²) in [5, 5.41) is 3.17. The van der Waals surface area contributed by atoms with Gasteiger partial charge in [-0.25, -0.2) is 9.97 Å². The minimum absolute atomic E-state index is 0.211. The molecule has 1 heterocycles. The van der Waals surface area contributed by atoms with E-state index in [1.807, 2.05) is 43.3 Å². The van der Waals surface area contributed by atoms with Crippen LogP contribution in [0, 0.1) is 6.92 Å². The zero-order chi connectivity index (χ0) is 19.4. The minimum Gasteiger partial charge on any atom is -0.371 e. The number of aryl methyl sites for hydroxylation is 1. The highest BCUT2D eigenvalue weighted by molar-refractivity contribution is 7.84. The highest BCUT2D eigenvalue weighted by atomic mass is 32.2. The summed E-state index contributed by atoms with van der Waals surface area (Å²) in [7, 11) is -0.993. The van der Waals surface area contributed by atoms with E-state index in [4.69, 9.17) is 4.18 Å². The summed E-state index contributed by atoms with van der Waals surface area (Å²) in [6, 6.07) is 18.3. The van der Waals surface area contributed by atoms with Crippen LogP contribution in [0.4, 0.5) is 11.5 Å². The third kappa shape index (κ3) is 4.81. The highest BCUT2D eigenvalue weighted by Crippen LogP contribution is 2.25. The van der Waals surface area contributed by atoms with Crippen molar-refractivity contribution in [3.05, 3.63) is 66.5 Å². The first-order chi connectivity index (χ1) is 12.8. The molecular formula is C19H20N4O3S. The van der Waals surface area contributed by atoms with E-state index < -0.39 is 10.3 Å². The van der Waals surface area contributed by atoms with Crippen LogP contribution >= 0.6 is 0 Å². The molecule has 0 atom stereocenters. The maximum atomic E-state index is 11.9. The number of rotatable bonds is 6. The fourth-order valence-corrected chi connectivity index (χ4v) is 2.85. The molecule has 0 fully saturated rings. The lowest BCUT2D eigenvalue weighted by molar-refractivity contribution is 0.421. The summed E-state index contributed by atoms with van der Waals surface area (Å²) in [6.45, 7) is 1.82. The van der Waals surface area contributed by atoms with Crippen LogP contribution < -0.4 is 9.50 Å². The maximum absolute atomic E-state index is 11.9. The van der Waals surface area contributed by atoms with Gasteiger partial charge in [0.15, 0.2) is 0 Å². The standard InChI is InChI=1S/C19H20N4O3S/c1-14-20-18(15-8-5-4-6-9-15)13-19(21-14)22-16-10-7-11-17(12-16)26-27(24,25)23(2)3/h4-13H,1-3H3,(H,20,21,22). The van der Waals surface area contributed by atoms with Crippen LogP contribution in [0.25, 0.3) is 11.3 Å². The van der Waals surface area contributed by atoms with Crippen LogP contribution in [-0.2, 0) is 10.3 Å². The molecule has 0 saturated carbocycles. The van der Waals surface area contributed by atoms with E-state index >= 15 is 0 Å². The highest BCUT2D eigenvalue weighted by Gasteiger charge is 2.16. The summed E-state index contributed by atoms with van der Waals surface area (Å²) in [5.74, 6) is 1.44. The monoisotopic (exact) mass is 384 g/mol. The smallest absolute Gasteiger partial charge is 0.371 e. The predicted octanol–water partition coefficient (Wildman–Crippen LogP) is 3.38. The molecule has 0 bridgehead atoms. The van der Waals surface area contributed by atoms with Gasteiger partial charge in [-0.15, -0.1) is 0 Å². The number of aromatic nitrogens is 2. The Morgan fingerprint density at radius 2 is 1.70 bits per heavy atom. The van der Waals surface area contributed by atoms with E-state index in [1.54, 1.807) is 24.3 Å². The van der Waals surface area contributed by atoms with Crippen LogP contribution in [0.1, 0.15) is 5.82 Å². The Labute approximate surface area is 158 Å². The van der Waals surface area contributed by atoms with Gasteiger partial charge in [0.1, 0.15) is 17.4 Å². The van der Waals surface area contributed by atoms with Crippen molar-refractivity contribution in [2.75, 3.05) is 19.4 Å². The Kier molecular flexibility index (Phi) is 5.38. The molecule has 3 rings (SSSR count). The molecule has 140 valence electrons. The molecule has 0 spiro atoms. The van der Waals surface area contributed by atoms with E-state index in [0.29, 0.717) is 17.3 Å². The average molecular weight is 384 g/mol. The topological polar surface area (TPSA) is 84.4 Å². The third-order valence-corrected chi connectivity index (χ3v) is 4.96. The van der Waals surface area contributed by atoms with Crippen molar-refractivity contribution in [2.45, 2.75) is 6.92 Å². The van der Waals surface area contributed by atoms with Crippen LogP contribution in [0.5, 0.6) is 5.75 Å². The van der Waals surface area contributed by atoms with Crippen LogP contribution in [0.15, 0.2) is 60.7 Å². The van der Waals surface area contributed by atoms with Gasteiger partial charge in [-0.05, 0) is 19.1 Å². The van der Waals surface area contributed by atoms with Crippen molar-refractivity contribution in [2.24, 2.45) is 0 Å². The lowest BCUT2D eigenvalue weighted by atomic mass is 10.1. The Morgan fingerprint density at radius 1 is 0.963 bits per heavy atom. The fourth-order valence-electron chi connectivity index (χ4n) is 2.36. The molecule has 0 amide bonds. The second-order valence-corrected chi connectivity index (χ2v) is 7.78. The fraction of sp³-hybridized carbons (Fsp3) is 0.158. The molecule has 0 saturated heterocycles. The quantitative estimate of drug-likeness (QED) is 0.701. The number of hydrogen-bond donors (Lipinski definition) is 1. The molecule has 0 aliphatic heterocycles. The normalized spacial score (nSPS) is 11.4. The average Bonchev–Trinajstić information content (AvgIpc) is 2.62. The summed E-state index contributed by atoms with van der Waals surface area (Å²) in [4.78, 5) is 8.87. The Hall–Kier alpha value is -2.97. The molecular weight excluding hydrogens is 364 g/mol. The van der Waals surface area contributed by atoms with E-state index in [9.17, 15) is 8.42 Å². The molecule has 27 heavy (non-hydrogen) atoms. The molecule has 0 unspecified atom stereocenters. The molecule has 7 nitrogen and oxygen atoms in total. The van der Waals surface area contributed by atoms with Crippen molar-refractivity contribution >= 4 is 21.8 Å². The molecule has 0 aliphatic carbocycles. The second kappa shape index (κ2) is 7.73. The van der Waals surface area contributed by atoms with Crippen molar-refractivity contribution in [3.63, 3.8) is 0 Å². The number of nitrogens with one attached hydrogen (secondary N) is 1. The summed E-state index contributed by atoms with van der Waals surface area (Å²) < 4.78 is 29.8. The van der Waals surface area contributed by atoms with Gasteiger partial charge in [-0.2, -0.15) is 12.7 Å². The molecule has 0 aliphatic rings. The van der Waals surface area contributed by atoms with Gasteiger partial charge in [-0.3, -0.25) is 0 Å². The first-order valence-corrected chi connectivity index (χ1v) is 9.60. The summed E-state index contributed by atoms with van der Waals surface area (Å²) in [5.41, 5.74) is 2.44. The Morgan fingerprint density at radius 3 is 2.41 bits per heavy atom. The molecule has 8 heteroatoms. The maximum Gasteiger partial charge on any atom is 0.384 e. The van der Waals surface area contributed by atoms with Crippen molar-refractivity contribution in [1.82, 2.24) is 14.3 Å². The van der Waals surface area contributed by atoms with E-state index in [2.05, 4.69) is 15.3 Å². The largest absolute Gasteiger partial charge is 0.384 e. The van der Waals surface area contributed by atoms with Gasteiger partial charge in [0.05, 0.1) is 5.69 Å². The summed E-state index contributed by atoms with van der Waals surface area (Å²) in [6.07, 6.45) is 0. The molecule has 1 N–H and O–H groups in total. The van der Waals surface area contributed by atoms with E-state index in [1.165, 1.54) is 14.1 Å². The van der Waals surface area contributed by atoms with Gasteiger partial charge in [0.2, 0.25) is 0 Å². The van der Waals surface area contributed by atoms with Crippen LogP contribution in [0.3, 0.4) is 0 Å². The van der Waals surface area contributed by atoms with Gasteiger partial charge in [-0.1, -0.05) is 36.4 Å². The predicted molar refractivity (Wildman–Crippen MR) is 105 cm³/mol. The number of nitrogens with zero attached hydrogens (tertiary/aromatic N) is 3. The third-order valence-electron chi connectivity index (χ3n) is 3.66. The lowest BCUT2D eigenvalue weighted by Crippen LogP contribution is -2.27. The Bertz CT molecular complexity index is 1040. The molecule has 0 radical (unpaired) electrons. The minimum atomic E-state index is -3.81. The second-order valence-electron chi connectivity index (χ2n) is 6.03. The number of hydrogen-bond acceptors (Lipinski definition) is 6. The summed E-state index contributed by atoms with van der Waals surface area (Å²) >= 11 is 0. The SMILES string of the molecule is Cc1nc(Nc2cccc(OS(=O)(=O)N(C)C)c2)cc(-c2ccccc2)n1. The van der Waals surface area contributed by atoms with Crippen molar-refractivity contribution in [3.8, 4) is 17.0 Å². The van der Waals surface area contributed by atoms with Gasteiger partial charge in [0.25, 0.3) is 0 Å². The zero-order valence-electron chi connectivity index (χ0n) is 15.2. The zero-order valence-corrected chi connectivity index (χ0v) is 16.1. The Balaban J connectivity index is 1.86. The first-order valence-electron chi connectivity index (χ1n) is 8.23. The van der Waals surface area contributed by atoms with Gasteiger partial charge in [0, 0.05) is 37.5 Å². The number of benzene rings is 2. The van der Waals surface area contributed by atoms with Gasteiger partial charge >= 0.3 is 10.3 Å². The lowest BCUT2D eigenvalue weighted by Gasteiger charge is -2.13.